The number of furan rings is 1. The summed E-state index contributed by atoms with van der Waals surface area (Å²) in [7, 11) is 0. The first kappa shape index (κ1) is 19.5. The van der Waals surface area contributed by atoms with Crippen molar-refractivity contribution in [1.29, 1.82) is 0 Å². The molecule has 1 aromatic carbocycles. The molecule has 29 heavy (non-hydrogen) atoms. The lowest BCUT2D eigenvalue weighted by Crippen LogP contribution is -2.46. The number of anilines is 1. The van der Waals surface area contributed by atoms with E-state index in [-0.39, 0.29) is 17.7 Å². The highest BCUT2D eigenvalue weighted by Crippen LogP contribution is 2.26. The van der Waals surface area contributed by atoms with Crippen molar-refractivity contribution in [3.8, 4) is 0 Å². The molecule has 0 bridgehead atoms. The van der Waals surface area contributed by atoms with Gasteiger partial charge in [-0.2, -0.15) is 0 Å². The monoisotopic (exact) mass is 408 g/mol. The number of amides is 2. The molecular formula is C23H24N2O3S. The van der Waals surface area contributed by atoms with Crippen molar-refractivity contribution in [2.75, 3.05) is 18.0 Å². The van der Waals surface area contributed by atoms with Crippen LogP contribution in [0.15, 0.2) is 64.6 Å². The van der Waals surface area contributed by atoms with Crippen LogP contribution < -0.4 is 4.90 Å². The van der Waals surface area contributed by atoms with Gasteiger partial charge < -0.3 is 14.2 Å². The molecule has 1 atom stereocenters. The van der Waals surface area contributed by atoms with E-state index in [0.29, 0.717) is 19.6 Å². The molecule has 0 saturated carbocycles. The maximum Gasteiger partial charge on any atom is 0.263 e. The number of thiophene rings is 1. The predicted molar refractivity (Wildman–Crippen MR) is 114 cm³/mol. The van der Waals surface area contributed by atoms with Crippen LogP contribution in [0.2, 0.25) is 0 Å². The van der Waals surface area contributed by atoms with Crippen molar-refractivity contribution in [1.82, 2.24) is 4.90 Å². The quantitative estimate of drug-likeness (QED) is 0.613. The molecule has 0 radical (unpaired) electrons. The van der Waals surface area contributed by atoms with Crippen LogP contribution in [-0.2, 0) is 11.3 Å². The molecule has 2 amide bonds. The average molecular weight is 409 g/mol. The molecule has 4 rings (SSSR count). The first-order valence-corrected chi connectivity index (χ1v) is 10.7. The lowest BCUT2D eigenvalue weighted by Gasteiger charge is -2.34. The fourth-order valence-corrected chi connectivity index (χ4v) is 4.41. The molecule has 0 aliphatic carbocycles. The molecule has 2 aromatic heterocycles. The molecule has 0 spiro atoms. The van der Waals surface area contributed by atoms with Crippen LogP contribution in [0, 0.1) is 12.8 Å². The highest BCUT2D eigenvalue weighted by Gasteiger charge is 2.32. The average Bonchev–Trinajstić information content (AvgIpc) is 3.46. The van der Waals surface area contributed by atoms with E-state index in [0.717, 1.165) is 34.7 Å². The van der Waals surface area contributed by atoms with Gasteiger partial charge in [-0.05, 0) is 55.5 Å². The van der Waals surface area contributed by atoms with E-state index >= 15 is 0 Å². The summed E-state index contributed by atoms with van der Waals surface area (Å²) in [5.74, 6) is 0.574. The molecule has 3 heterocycles. The molecule has 1 aliphatic heterocycles. The standard InChI is InChI=1S/C23H24N2O3S/c1-17-8-10-19(11-9-17)25(16-20-6-3-13-28-20)22(26)18-5-2-12-24(15-18)23(27)21-7-4-14-29-21/h3-4,6-11,13-14,18H,2,5,12,15-16H2,1H3/t18-/m1/s1. The Bertz CT molecular complexity index is 949. The zero-order chi connectivity index (χ0) is 20.2. The molecule has 0 N–H and O–H groups in total. The normalized spacial score (nSPS) is 16.6. The third kappa shape index (κ3) is 4.43. The zero-order valence-corrected chi connectivity index (χ0v) is 17.2. The van der Waals surface area contributed by atoms with Crippen molar-refractivity contribution >= 4 is 28.8 Å². The Morgan fingerprint density at radius 3 is 2.69 bits per heavy atom. The van der Waals surface area contributed by atoms with E-state index in [1.807, 2.05) is 65.7 Å². The van der Waals surface area contributed by atoms with Crippen molar-refractivity contribution in [3.63, 3.8) is 0 Å². The highest BCUT2D eigenvalue weighted by atomic mass is 32.1. The van der Waals surface area contributed by atoms with Crippen LogP contribution in [-0.4, -0.2) is 29.8 Å². The number of hydrogen-bond acceptors (Lipinski definition) is 4. The molecule has 5 nitrogen and oxygen atoms in total. The Kier molecular flexibility index (Phi) is 5.81. The van der Waals surface area contributed by atoms with Crippen molar-refractivity contribution < 1.29 is 14.0 Å². The van der Waals surface area contributed by atoms with Gasteiger partial charge in [-0.25, -0.2) is 0 Å². The number of rotatable bonds is 5. The fraction of sp³-hybridized carbons (Fsp3) is 0.304. The predicted octanol–water partition coefficient (Wildman–Crippen LogP) is 4.74. The second kappa shape index (κ2) is 8.66. The Morgan fingerprint density at radius 1 is 1.17 bits per heavy atom. The van der Waals surface area contributed by atoms with Crippen LogP contribution in [0.4, 0.5) is 5.69 Å². The fourth-order valence-electron chi connectivity index (χ4n) is 3.72. The van der Waals surface area contributed by atoms with Crippen LogP contribution >= 0.6 is 11.3 Å². The number of carbonyl (C=O) groups is 2. The van der Waals surface area contributed by atoms with Crippen LogP contribution in [0.25, 0.3) is 0 Å². The van der Waals surface area contributed by atoms with Gasteiger partial charge in [0.25, 0.3) is 5.91 Å². The van der Waals surface area contributed by atoms with Gasteiger partial charge in [0.2, 0.25) is 5.91 Å². The summed E-state index contributed by atoms with van der Waals surface area (Å²) < 4.78 is 5.50. The summed E-state index contributed by atoms with van der Waals surface area (Å²) in [5.41, 5.74) is 1.99. The minimum absolute atomic E-state index is 0.0189. The molecule has 0 unspecified atom stereocenters. The van der Waals surface area contributed by atoms with Gasteiger partial charge in [-0.15, -0.1) is 11.3 Å². The van der Waals surface area contributed by atoms with Gasteiger partial charge in [-0.3, -0.25) is 9.59 Å². The van der Waals surface area contributed by atoms with E-state index < -0.39 is 0 Å². The van der Waals surface area contributed by atoms with Gasteiger partial charge >= 0.3 is 0 Å². The van der Waals surface area contributed by atoms with E-state index in [4.69, 9.17) is 4.42 Å². The number of benzene rings is 1. The third-order valence-electron chi connectivity index (χ3n) is 5.30. The molecule has 1 aliphatic rings. The minimum atomic E-state index is -0.219. The lowest BCUT2D eigenvalue weighted by molar-refractivity contribution is -0.123. The van der Waals surface area contributed by atoms with Crippen LogP contribution in [0.5, 0.6) is 0 Å². The summed E-state index contributed by atoms with van der Waals surface area (Å²) in [6.07, 6.45) is 3.23. The van der Waals surface area contributed by atoms with E-state index in [9.17, 15) is 9.59 Å². The van der Waals surface area contributed by atoms with Gasteiger partial charge in [0.15, 0.2) is 0 Å². The Hall–Kier alpha value is -2.86. The van der Waals surface area contributed by atoms with E-state index in [2.05, 4.69) is 0 Å². The first-order valence-electron chi connectivity index (χ1n) is 9.85. The van der Waals surface area contributed by atoms with Crippen LogP contribution in [0.1, 0.15) is 33.8 Å². The number of aryl methyl sites for hydroxylation is 1. The summed E-state index contributed by atoms with van der Waals surface area (Å²) in [5, 5.41) is 1.91. The Balaban J connectivity index is 1.54. The van der Waals surface area contributed by atoms with Crippen molar-refractivity contribution in [2.45, 2.75) is 26.3 Å². The third-order valence-corrected chi connectivity index (χ3v) is 6.15. The second-order valence-electron chi connectivity index (χ2n) is 7.41. The Labute approximate surface area is 174 Å². The molecule has 150 valence electrons. The SMILES string of the molecule is Cc1ccc(N(Cc2ccco2)C(=O)[C@@H]2CCCN(C(=O)c3cccs3)C2)cc1. The van der Waals surface area contributed by atoms with Crippen molar-refractivity contribution in [3.05, 3.63) is 76.4 Å². The lowest BCUT2D eigenvalue weighted by atomic mass is 9.95. The maximum absolute atomic E-state index is 13.5. The summed E-state index contributed by atoms with van der Waals surface area (Å²) >= 11 is 1.44. The molecule has 6 heteroatoms. The summed E-state index contributed by atoms with van der Waals surface area (Å²) in [6, 6.07) is 15.4. The number of likely N-dealkylation sites (tertiary alicyclic amines) is 1. The number of hydrogen-bond donors (Lipinski definition) is 0. The van der Waals surface area contributed by atoms with E-state index in [1.165, 1.54) is 11.3 Å². The topological polar surface area (TPSA) is 53.8 Å². The molecule has 1 saturated heterocycles. The van der Waals surface area contributed by atoms with Gasteiger partial charge in [-0.1, -0.05) is 23.8 Å². The summed E-state index contributed by atoms with van der Waals surface area (Å²) in [6.45, 7) is 3.56. The largest absolute Gasteiger partial charge is 0.467 e. The Morgan fingerprint density at radius 2 is 2.00 bits per heavy atom. The zero-order valence-electron chi connectivity index (χ0n) is 16.4. The van der Waals surface area contributed by atoms with Gasteiger partial charge in [0, 0.05) is 18.8 Å². The van der Waals surface area contributed by atoms with Gasteiger partial charge in [0.1, 0.15) is 5.76 Å². The first-order chi connectivity index (χ1) is 14.1. The summed E-state index contributed by atoms with van der Waals surface area (Å²) in [4.78, 5) is 30.6. The second-order valence-corrected chi connectivity index (χ2v) is 8.35. The smallest absolute Gasteiger partial charge is 0.263 e. The van der Waals surface area contributed by atoms with E-state index in [1.54, 1.807) is 11.2 Å². The molecular weight excluding hydrogens is 384 g/mol. The molecule has 1 fully saturated rings. The van der Waals surface area contributed by atoms with Crippen molar-refractivity contribution in [2.24, 2.45) is 5.92 Å². The van der Waals surface area contributed by atoms with Gasteiger partial charge in [0.05, 0.1) is 23.6 Å². The van der Waals surface area contributed by atoms with Crippen LogP contribution in [0.3, 0.4) is 0 Å². The minimum Gasteiger partial charge on any atom is -0.467 e. The maximum atomic E-state index is 13.5. The number of piperidine rings is 1. The number of carbonyl (C=O) groups excluding carboxylic acids is 2. The highest BCUT2D eigenvalue weighted by molar-refractivity contribution is 7.12. The number of nitrogens with zero attached hydrogens (tertiary/aromatic N) is 2. The molecule has 3 aromatic rings.